The fraction of sp³-hybridized carbons (Fsp3) is 0.250. The highest BCUT2D eigenvalue weighted by molar-refractivity contribution is 7.89. The fourth-order valence-corrected chi connectivity index (χ4v) is 5.37. The molecule has 1 atom stereocenters. The van der Waals surface area contributed by atoms with Crippen LogP contribution in [-0.4, -0.2) is 50.1 Å². The highest BCUT2D eigenvalue weighted by Gasteiger charge is 2.40. The van der Waals surface area contributed by atoms with E-state index in [0.29, 0.717) is 18.6 Å². The zero-order chi connectivity index (χ0) is 21.5. The molecule has 0 spiro atoms. The van der Waals surface area contributed by atoms with Crippen LogP contribution in [0.25, 0.3) is 0 Å². The number of benzene rings is 2. The van der Waals surface area contributed by atoms with Crippen LogP contribution < -0.4 is 15.4 Å². The summed E-state index contributed by atoms with van der Waals surface area (Å²) in [7, 11) is -2.41. The molecule has 2 heterocycles. The summed E-state index contributed by atoms with van der Waals surface area (Å²) in [4.78, 5) is 36.9. The first-order chi connectivity index (χ1) is 14.3. The summed E-state index contributed by atoms with van der Waals surface area (Å²) in [6.45, 7) is 0.207. The SMILES string of the molecule is COc1ccc(S(=O)(=O)N2CCCC2C(=O)Nc2cccc3c2C(=O)NC3=O)cc1. The molecule has 0 aromatic heterocycles. The van der Waals surface area contributed by atoms with Gasteiger partial charge in [0.1, 0.15) is 11.8 Å². The van der Waals surface area contributed by atoms with Crippen molar-refractivity contribution in [1.29, 1.82) is 0 Å². The second-order valence-corrected chi connectivity index (χ2v) is 8.84. The van der Waals surface area contributed by atoms with E-state index in [0.717, 1.165) is 0 Å². The maximum Gasteiger partial charge on any atom is 0.261 e. The van der Waals surface area contributed by atoms with E-state index in [1.165, 1.54) is 35.7 Å². The van der Waals surface area contributed by atoms with Crippen LogP contribution in [-0.2, 0) is 14.8 Å². The molecule has 2 aliphatic heterocycles. The van der Waals surface area contributed by atoms with E-state index >= 15 is 0 Å². The largest absolute Gasteiger partial charge is 0.497 e. The standard InChI is InChI=1S/C20H19N3O6S/c1-29-12-7-9-13(10-8-12)30(27,28)23-11-3-6-16(23)19(25)21-15-5-2-4-14-17(15)20(26)22-18(14)24/h2,4-5,7-10,16H,3,6,11H2,1H3,(H,21,25)(H,22,24,26). The number of imide groups is 1. The third kappa shape index (κ3) is 3.33. The molecule has 0 aliphatic carbocycles. The van der Waals surface area contributed by atoms with E-state index in [4.69, 9.17) is 4.74 Å². The van der Waals surface area contributed by atoms with Crippen molar-refractivity contribution in [2.24, 2.45) is 0 Å². The van der Waals surface area contributed by atoms with Crippen LogP contribution in [0.1, 0.15) is 33.6 Å². The molecule has 2 N–H and O–H groups in total. The number of sulfonamides is 1. The van der Waals surface area contributed by atoms with Gasteiger partial charge in [0.2, 0.25) is 15.9 Å². The van der Waals surface area contributed by atoms with Crippen LogP contribution in [0.3, 0.4) is 0 Å². The third-order valence-corrected chi connectivity index (χ3v) is 7.12. The molecule has 9 nitrogen and oxygen atoms in total. The Morgan fingerprint density at radius 3 is 2.57 bits per heavy atom. The number of carbonyl (C=O) groups is 3. The lowest BCUT2D eigenvalue weighted by molar-refractivity contribution is -0.119. The first kappa shape index (κ1) is 20.0. The van der Waals surface area contributed by atoms with Crippen molar-refractivity contribution in [3.8, 4) is 5.75 Å². The summed E-state index contributed by atoms with van der Waals surface area (Å²) in [6, 6.07) is 9.57. The van der Waals surface area contributed by atoms with Gasteiger partial charge in [-0.25, -0.2) is 8.42 Å². The van der Waals surface area contributed by atoms with Gasteiger partial charge < -0.3 is 10.1 Å². The summed E-state index contributed by atoms with van der Waals surface area (Å²) < 4.78 is 32.4. The van der Waals surface area contributed by atoms with Crippen LogP contribution in [0.15, 0.2) is 47.4 Å². The molecule has 2 aliphatic rings. The van der Waals surface area contributed by atoms with E-state index in [2.05, 4.69) is 10.6 Å². The molecule has 2 aromatic carbocycles. The average molecular weight is 429 g/mol. The Labute approximate surface area is 173 Å². The highest BCUT2D eigenvalue weighted by atomic mass is 32.2. The number of carbonyl (C=O) groups excluding carboxylic acids is 3. The van der Waals surface area contributed by atoms with Crippen molar-refractivity contribution in [3.05, 3.63) is 53.6 Å². The maximum absolute atomic E-state index is 13.1. The van der Waals surface area contributed by atoms with Gasteiger partial charge in [0.25, 0.3) is 11.8 Å². The Kier molecular flexibility index (Phi) is 5.04. The summed E-state index contributed by atoms with van der Waals surface area (Å²) in [5, 5.41) is 4.81. The Hall–Kier alpha value is -3.24. The smallest absolute Gasteiger partial charge is 0.261 e. The van der Waals surface area contributed by atoms with E-state index in [1.807, 2.05) is 0 Å². The van der Waals surface area contributed by atoms with Gasteiger partial charge in [-0.15, -0.1) is 0 Å². The van der Waals surface area contributed by atoms with Gasteiger partial charge in [0.05, 0.1) is 28.8 Å². The van der Waals surface area contributed by atoms with Crippen molar-refractivity contribution in [2.45, 2.75) is 23.8 Å². The Morgan fingerprint density at radius 1 is 1.13 bits per heavy atom. The molecule has 1 saturated heterocycles. The van der Waals surface area contributed by atoms with Crippen LogP contribution in [0.5, 0.6) is 5.75 Å². The lowest BCUT2D eigenvalue weighted by Crippen LogP contribution is -2.43. The molecule has 1 unspecified atom stereocenters. The van der Waals surface area contributed by atoms with Gasteiger partial charge in [-0.3, -0.25) is 19.7 Å². The van der Waals surface area contributed by atoms with Crippen LogP contribution in [0.2, 0.25) is 0 Å². The van der Waals surface area contributed by atoms with Gasteiger partial charge in [-0.05, 0) is 49.2 Å². The molecule has 1 fully saturated rings. The third-order valence-electron chi connectivity index (χ3n) is 5.19. The number of amides is 3. The lowest BCUT2D eigenvalue weighted by Gasteiger charge is -2.23. The first-order valence-corrected chi connectivity index (χ1v) is 10.7. The van der Waals surface area contributed by atoms with Gasteiger partial charge in [-0.2, -0.15) is 4.31 Å². The molecule has 0 saturated carbocycles. The Morgan fingerprint density at radius 2 is 1.87 bits per heavy atom. The molecule has 2 aromatic rings. The van der Waals surface area contributed by atoms with E-state index in [-0.39, 0.29) is 28.3 Å². The number of anilines is 1. The molecule has 30 heavy (non-hydrogen) atoms. The number of fused-ring (bicyclic) bond motifs is 1. The minimum absolute atomic E-state index is 0.0635. The van der Waals surface area contributed by atoms with E-state index in [9.17, 15) is 22.8 Å². The number of hydrogen-bond acceptors (Lipinski definition) is 6. The zero-order valence-electron chi connectivity index (χ0n) is 16.0. The highest BCUT2D eigenvalue weighted by Crippen LogP contribution is 2.29. The summed E-state index contributed by atoms with van der Waals surface area (Å²) in [5.74, 6) is -1.16. The molecular weight excluding hydrogens is 410 g/mol. The predicted octanol–water partition coefficient (Wildman–Crippen LogP) is 1.37. The normalized spacial score (nSPS) is 18.8. The Balaban J connectivity index is 1.59. The van der Waals surface area contributed by atoms with Crippen molar-refractivity contribution < 1.29 is 27.5 Å². The number of rotatable bonds is 5. The zero-order valence-corrected chi connectivity index (χ0v) is 16.9. The van der Waals surface area contributed by atoms with Crippen LogP contribution >= 0.6 is 0 Å². The van der Waals surface area contributed by atoms with Crippen molar-refractivity contribution in [2.75, 3.05) is 19.0 Å². The van der Waals surface area contributed by atoms with Crippen molar-refractivity contribution in [1.82, 2.24) is 9.62 Å². The lowest BCUT2D eigenvalue weighted by atomic mass is 10.1. The number of ether oxygens (including phenoxy) is 1. The molecule has 10 heteroatoms. The summed E-state index contributed by atoms with van der Waals surface area (Å²) in [6.07, 6.45) is 0.876. The van der Waals surface area contributed by atoms with E-state index < -0.39 is 33.8 Å². The second kappa shape index (κ2) is 7.54. The number of nitrogens with zero attached hydrogens (tertiary/aromatic N) is 1. The Bertz CT molecular complexity index is 1140. The van der Waals surface area contributed by atoms with Crippen molar-refractivity contribution >= 4 is 33.4 Å². The van der Waals surface area contributed by atoms with Gasteiger partial charge in [0, 0.05) is 6.54 Å². The van der Waals surface area contributed by atoms with E-state index in [1.54, 1.807) is 18.2 Å². The minimum atomic E-state index is -3.90. The average Bonchev–Trinajstić information content (AvgIpc) is 3.34. The number of nitrogens with one attached hydrogen (secondary N) is 2. The van der Waals surface area contributed by atoms with Crippen LogP contribution in [0, 0.1) is 0 Å². The topological polar surface area (TPSA) is 122 Å². The minimum Gasteiger partial charge on any atom is -0.497 e. The maximum atomic E-state index is 13.1. The predicted molar refractivity (Wildman–Crippen MR) is 107 cm³/mol. The van der Waals surface area contributed by atoms with Gasteiger partial charge >= 0.3 is 0 Å². The molecular formula is C20H19N3O6S. The summed E-state index contributed by atoms with van der Waals surface area (Å²) >= 11 is 0. The van der Waals surface area contributed by atoms with Gasteiger partial charge in [-0.1, -0.05) is 6.07 Å². The monoisotopic (exact) mass is 429 g/mol. The first-order valence-electron chi connectivity index (χ1n) is 9.28. The fourth-order valence-electron chi connectivity index (χ4n) is 3.71. The molecule has 4 rings (SSSR count). The second-order valence-electron chi connectivity index (χ2n) is 6.95. The quantitative estimate of drug-likeness (QED) is 0.693. The van der Waals surface area contributed by atoms with Gasteiger partial charge in [0.15, 0.2) is 0 Å². The molecule has 0 radical (unpaired) electrons. The molecule has 0 bridgehead atoms. The molecule has 156 valence electrons. The number of hydrogen-bond donors (Lipinski definition) is 2. The molecule has 3 amide bonds. The summed E-state index contributed by atoms with van der Waals surface area (Å²) in [5.41, 5.74) is 0.430. The van der Waals surface area contributed by atoms with Crippen LogP contribution in [0.4, 0.5) is 5.69 Å². The number of methoxy groups -OCH3 is 1. The van der Waals surface area contributed by atoms with Crippen molar-refractivity contribution in [3.63, 3.8) is 0 Å².